The van der Waals surface area contributed by atoms with E-state index in [-0.39, 0.29) is 16.0 Å². The van der Waals surface area contributed by atoms with E-state index in [1.165, 1.54) is 9.80 Å². The highest BCUT2D eigenvalue weighted by atomic mass is 28.4. The molecule has 1 aliphatic heterocycles. The molecule has 0 radical (unpaired) electrons. The van der Waals surface area contributed by atoms with E-state index in [1.807, 2.05) is 208 Å². The Hall–Kier alpha value is -7.84. The van der Waals surface area contributed by atoms with Crippen LogP contribution in [0.2, 0.25) is 10.1 Å². The number of cyclic esters (lactones) is 1. The van der Waals surface area contributed by atoms with Crippen LogP contribution in [0.3, 0.4) is 0 Å². The van der Waals surface area contributed by atoms with Gasteiger partial charge in [0.2, 0.25) is 11.8 Å². The number of ether oxygens (including phenoxy) is 1. The molecule has 1 aliphatic rings. The molecular formula is C77H94N4O9Si2. The summed E-state index contributed by atoms with van der Waals surface area (Å²) < 4.78 is 20.9. The number of likely N-dealkylation sites (N-methyl/N-ethyl adjacent to an activating group) is 2. The topological polar surface area (TPSA) is 184 Å². The molecule has 15 heteroatoms. The Balaban J connectivity index is 0.000000237. The Labute approximate surface area is 547 Å². The Morgan fingerprint density at radius 1 is 0.522 bits per heavy atom. The number of carbonyl (C=O) groups excluding carboxylic acids is 3. The van der Waals surface area contributed by atoms with E-state index in [0.29, 0.717) is 24.0 Å². The molecule has 0 aliphatic carbocycles. The van der Waals surface area contributed by atoms with E-state index in [4.69, 9.17) is 19.3 Å². The third-order valence-electron chi connectivity index (χ3n) is 18.5. The summed E-state index contributed by atoms with van der Waals surface area (Å²) in [6, 6.07) is 74.5. The van der Waals surface area contributed by atoms with E-state index in [1.54, 1.807) is 27.9 Å². The Bertz CT molecular complexity index is 3530. The van der Waals surface area contributed by atoms with E-state index in [9.17, 15) is 29.7 Å². The average molecular weight is 1280 g/mol. The van der Waals surface area contributed by atoms with Gasteiger partial charge in [-0.2, -0.15) is 0 Å². The molecule has 8 aromatic rings. The number of aliphatic hydroxyl groups excluding tert-OH is 2. The molecule has 92 heavy (non-hydrogen) atoms. The zero-order chi connectivity index (χ0) is 66.7. The van der Waals surface area contributed by atoms with Crippen molar-refractivity contribution in [2.45, 2.75) is 152 Å². The highest BCUT2D eigenvalue weighted by Crippen LogP contribution is 2.44. The number of aliphatic hydroxyl groups is 3. The molecule has 0 unspecified atom stereocenters. The number of nitrogens with two attached hydrogens (primary N) is 1. The first-order chi connectivity index (χ1) is 43.8. The first kappa shape index (κ1) is 70.0. The van der Waals surface area contributed by atoms with Crippen LogP contribution in [0, 0.1) is 0 Å². The second kappa shape index (κ2) is 29.8. The lowest BCUT2D eigenvalue weighted by Crippen LogP contribution is -2.71. The Kier molecular flexibility index (Phi) is 22.7. The normalized spacial score (nSPS) is 18.2. The van der Waals surface area contributed by atoms with Gasteiger partial charge >= 0.3 is 6.09 Å². The van der Waals surface area contributed by atoms with E-state index in [2.05, 4.69) is 95.4 Å². The van der Waals surface area contributed by atoms with Crippen molar-refractivity contribution in [3.8, 4) is 0 Å². The smallest absolute Gasteiger partial charge is 0.408 e. The molecule has 484 valence electrons. The highest BCUT2D eigenvalue weighted by Gasteiger charge is 2.61. The fourth-order valence-corrected chi connectivity index (χ4v) is 23.2. The summed E-state index contributed by atoms with van der Waals surface area (Å²) in [5, 5.41) is 42.0. The van der Waals surface area contributed by atoms with Gasteiger partial charge in [-0.05, 0) is 79.8 Å². The van der Waals surface area contributed by atoms with Crippen molar-refractivity contribution in [2.24, 2.45) is 5.73 Å². The maximum Gasteiger partial charge on any atom is 0.408 e. The zero-order valence-electron chi connectivity index (χ0n) is 55.4. The van der Waals surface area contributed by atoms with E-state index < -0.39 is 88.4 Å². The van der Waals surface area contributed by atoms with Crippen LogP contribution in [-0.2, 0) is 23.2 Å². The second-order valence-corrected chi connectivity index (χ2v) is 35.0. The summed E-state index contributed by atoms with van der Waals surface area (Å²) in [6.07, 6.45) is -3.23. The number of amides is 3. The van der Waals surface area contributed by atoms with Gasteiger partial charge < -0.3 is 49.8 Å². The van der Waals surface area contributed by atoms with Gasteiger partial charge in [0.25, 0.3) is 16.6 Å². The minimum absolute atomic E-state index is 0.329. The van der Waals surface area contributed by atoms with Crippen molar-refractivity contribution < 1.29 is 43.3 Å². The van der Waals surface area contributed by atoms with Crippen LogP contribution in [-0.4, -0.2) is 109 Å². The SMILES string of the molecule is CC[C@@H](O[Si](c1ccccc1)(c1ccccc1)C(C)(C)C)[C@@](C)(O)[C@H](N)C(=O)N(C)[C@H](c1ccccc1)[C@H](O)c1ccccc1.CC[C@@H](O[Si](c1ccccc1)(c1ccccc1)C(C)(C)C)[C@@]1(C)OC(=O)N[C@@H]1C(=O)N(C)[C@H](c1ccccc1)[C@H](O)c1ccccc1. The third kappa shape index (κ3) is 14.5. The number of hydrogen-bond acceptors (Lipinski definition) is 10. The first-order valence-electron chi connectivity index (χ1n) is 31.9. The molecule has 1 saturated heterocycles. The molecule has 13 nitrogen and oxygen atoms in total. The van der Waals surface area contributed by atoms with E-state index in [0.717, 1.165) is 31.9 Å². The van der Waals surface area contributed by atoms with Crippen molar-refractivity contribution in [3.63, 3.8) is 0 Å². The highest BCUT2D eigenvalue weighted by molar-refractivity contribution is 7.00. The number of carbonyl (C=O) groups is 3. The maximum absolute atomic E-state index is 14.7. The van der Waals surface area contributed by atoms with Gasteiger partial charge in [-0.3, -0.25) is 9.59 Å². The Morgan fingerprint density at radius 2 is 0.826 bits per heavy atom. The molecule has 0 aromatic heterocycles. The van der Waals surface area contributed by atoms with Crippen molar-refractivity contribution in [1.82, 2.24) is 15.1 Å². The van der Waals surface area contributed by atoms with Gasteiger partial charge in [0.05, 0.1) is 24.3 Å². The van der Waals surface area contributed by atoms with Gasteiger partial charge in [-0.15, -0.1) is 0 Å². The first-order valence-corrected chi connectivity index (χ1v) is 35.8. The van der Waals surface area contributed by atoms with Gasteiger partial charge in [0.1, 0.15) is 23.9 Å². The van der Waals surface area contributed by atoms with Crippen LogP contribution < -0.4 is 31.8 Å². The predicted octanol–water partition coefficient (Wildman–Crippen LogP) is 11.5. The molecule has 9 rings (SSSR count). The number of hydrogen-bond donors (Lipinski definition) is 5. The van der Waals surface area contributed by atoms with E-state index >= 15 is 0 Å². The second-order valence-electron chi connectivity index (χ2n) is 26.5. The monoisotopic (exact) mass is 1270 g/mol. The molecule has 1 heterocycles. The van der Waals surface area contributed by atoms with Crippen LogP contribution in [0.15, 0.2) is 243 Å². The molecule has 10 atom stereocenters. The van der Waals surface area contributed by atoms with Gasteiger partial charge in [0, 0.05) is 14.1 Å². The molecular weight excluding hydrogens is 1180 g/mol. The molecule has 0 spiro atoms. The molecule has 0 saturated carbocycles. The van der Waals surface area contributed by atoms with Gasteiger partial charge in [-0.25, -0.2) is 4.79 Å². The number of alkyl carbamates (subject to hydrolysis) is 1. The summed E-state index contributed by atoms with van der Waals surface area (Å²) in [5.74, 6) is -0.875. The van der Waals surface area contributed by atoms with Crippen LogP contribution >= 0.6 is 0 Å². The number of nitrogens with one attached hydrogen (secondary N) is 1. The van der Waals surface area contributed by atoms with Crippen molar-refractivity contribution >= 4 is 55.3 Å². The average Bonchev–Trinajstić information content (AvgIpc) is 1.05. The number of benzene rings is 8. The predicted molar refractivity (Wildman–Crippen MR) is 373 cm³/mol. The third-order valence-corrected chi connectivity index (χ3v) is 28.6. The van der Waals surface area contributed by atoms with Crippen molar-refractivity contribution in [3.05, 3.63) is 265 Å². The van der Waals surface area contributed by atoms with Crippen LogP contribution in [0.4, 0.5) is 4.79 Å². The van der Waals surface area contributed by atoms with Crippen LogP contribution in [0.25, 0.3) is 0 Å². The minimum atomic E-state index is -3.08. The van der Waals surface area contributed by atoms with Gasteiger partial charge in [-0.1, -0.05) is 298 Å². The summed E-state index contributed by atoms with van der Waals surface area (Å²) >= 11 is 0. The van der Waals surface area contributed by atoms with Crippen LogP contribution in [0.5, 0.6) is 0 Å². The minimum Gasteiger partial charge on any atom is -0.438 e. The lowest BCUT2D eigenvalue weighted by Gasteiger charge is -2.49. The maximum atomic E-state index is 14.7. The largest absolute Gasteiger partial charge is 0.438 e. The lowest BCUT2D eigenvalue weighted by molar-refractivity contribution is -0.148. The Morgan fingerprint density at radius 3 is 1.14 bits per heavy atom. The van der Waals surface area contributed by atoms with Crippen molar-refractivity contribution in [2.75, 3.05) is 14.1 Å². The standard InChI is InChI=1S/C39H46N2O5Si.C38H48N2O4Si/c1-7-32(46-47(38(2,3)4,30-24-16-10-17-25-30)31-26-18-11-19-27-31)39(5)35(40-37(44)45-39)36(43)41(6)33(28-20-12-8-13-21-28)34(42)29-22-14-9-15-23-29;1-7-32(44-45(37(2,3)4,30-24-16-10-17-25-30)31-26-18-11-19-27-31)38(5,43)35(39)36(42)40(6)33(28-20-12-8-13-21-28)34(41)29-22-14-9-15-23-29/h8-27,32-35,42H,7H2,1-6H3,(H,40,44);8-27,32-35,41,43H,7,39H2,1-6H3/t32-,33-,34-,35-,39-;32-,33-,34-,35-,38-/m11/s1. The zero-order valence-corrected chi connectivity index (χ0v) is 57.4. The summed E-state index contributed by atoms with van der Waals surface area (Å²) in [6.45, 7) is 20.4. The summed E-state index contributed by atoms with van der Waals surface area (Å²) in [5.41, 5.74) is 6.52. The fourth-order valence-electron chi connectivity index (χ4n) is 13.5. The van der Waals surface area contributed by atoms with Crippen LogP contribution in [0.1, 0.15) is 129 Å². The number of nitrogens with zero attached hydrogens (tertiary/aromatic N) is 2. The lowest BCUT2D eigenvalue weighted by atomic mass is 9.87. The fraction of sp³-hybridized carbons (Fsp3) is 0.338. The quantitative estimate of drug-likeness (QED) is 0.0386. The van der Waals surface area contributed by atoms with Crippen molar-refractivity contribution in [1.29, 1.82) is 0 Å². The number of rotatable bonds is 23. The molecule has 8 aromatic carbocycles. The molecule has 3 amide bonds. The summed E-state index contributed by atoms with van der Waals surface area (Å²) in [7, 11) is -2.85. The molecule has 6 N–H and O–H groups in total. The molecule has 0 bridgehead atoms. The van der Waals surface area contributed by atoms with Gasteiger partial charge in [0.15, 0.2) is 11.6 Å². The summed E-state index contributed by atoms with van der Waals surface area (Å²) in [4.78, 5) is 45.0. The molecule has 1 fully saturated rings.